The lowest BCUT2D eigenvalue weighted by atomic mass is 9.95. The van der Waals surface area contributed by atoms with E-state index in [9.17, 15) is 4.79 Å². The summed E-state index contributed by atoms with van der Waals surface area (Å²) in [5.41, 5.74) is 5.89. The fourth-order valence-electron chi connectivity index (χ4n) is 3.17. The van der Waals surface area contributed by atoms with Gasteiger partial charge >= 0.3 is 6.03 Å². The molecule has 0 radical (unpaired) electrons. The normalized spacial score (nSPS) is 26.4. The first-order valence-corrected chi connectivity index (χ1v) is 9.01. The zero-order valence-corrected chi connectivity index (χ0v) is 14.1. The molecule has 2 rings (SSSR count). The number of carbonyl (C=O) groups excluding carboxylic acids is 1. The highest BCUT2D eigenvalue weighted by Gasteiger charge is 2.39. The third-order valence-corrected chi connectivity index (χ3v) is 6.54. The van der Waals surface area contributed by atoms with Crippen LogP contribution >= 0.6 is 24.0 Å². The van der Waals surface area contributed by atoms with Gasteiger partial charge in [0, 0.05) is 26.2 Å². The lowest BCUT2D eigenvalue weighted by molar-refractivity contribution is 0.122. The van der Waals surface area contributed by atoms with E-state index in [1.807, 2.05) is 9.80 Å². The van der Waals surface area contributed by atoms with Crippen molar-refractivity contribution in [2.45, 2.75) is 37.4 Å². The highest BCUT2D eigenvalue weighted by atomic mass is 32.2. The van der Waals surface area contributed by atoms with Crippen LogP contribution in [0.5, 0.6) is 0 Å². The predicted molar refractivity (Wildman–Crippen MR) is 89.2 cm³/mol. The van der Waals surface area contributed by atoms with E-state index >= 15 is 0 Å². The standard InChI is InChI=1S/C14H25N3OS2/c1-11-4-3-7-17(10-11)13(18)16-8-5-14(20-2,6-9-16)12(15)19/h11H,3-10H2,1-2H3,(H2,15,19). The highest BCUT2D eigenvalue weighted by Crippen LogP contribution is 2.35. The van der Waals surface area contributed by atoms with Crippen molar-refractivity contribution in [3.63, 3.8) is 0 Å². The summed E-state index contributed by atoms with van der Waals surface area (Å²) >= 11 is 6.95. The van der Waals surface area contributed by atoms with Gasteiger partial charge < -0.3 is 15.5 Å². The summed E-state index contributed by atoms with van der Waals surface area (Å²) in [5, 5.41) is 0. The number of thioether (sulfide) groups is 1. The molecule has 0 aromatic carbocycles. The number of amides is 2. The number of nitrogens with two attached hydrogens (primary N) is 1. The summed E-state index contributed by atoms with van der Waals surface area (Å²) in [6.07, 6.45) is 6.17. The summed E-state index contributed by atoms with van der Waals surface area (Å²) in [5.74, 6) is 0.624. The molecule has 114 valence electrons. The van der Waals surface area contributed by atoms with Gasteiger partial charge in [0.25, 0.3) is 0 Å². The van der Waals surface area contributed by atoms with Gasteiger partial charge in [-0.3, -0.25) is 0 Å². The maximum atomic E-state index is 12.5. The maximum Gasteiger partial charge on any atom is 0.320 e. The number of nitrogens with zero attached hydrogens (tertiary/aromatic N) is 2. The molecule has 1 atom stereocenters. The molecule has 2 N–H and O–H groups in total. The lowest BCUT2D eigenvalue weighted by Crippen LogP contribution is -2.54. The monoisotopic (exact) mass is 315 g/mol. The van der Waals surface area contributed by atoms with Crippen LogP contribution in [0.3, 0.4) is 0 Å². The van der Waals surface area contributed by atoms with Crippen LogP contribution in [0, 0.1) is 5.92 Å². The van der Waals surface area contributed by atoms with Crippen molar-refractivity contribution in [3.05, 3.63) is 0 Å². The molecule has 1 unspecified atom stereocenters. The van der Waals surface area contributed by atoms with Crippen LogP contribution in [0.4, 0.5) is 4.79 Å². The van der Waals surface area contributed by atoms with Crippen molar-refractivity contribution in [3.8, 4) is 0 Å². The molecule has 0 bridgehead atoms. The smallest absolute Gasteiger partial charge is 0.320 e. The van der Waals surface area contributed by atoms with Gasteiger partial charge in [-0.2, -0.15) is 11.8 Å². The van der Waals surface area contributed by atoms with E-state index in [2.05, 4.69) is 13.2 Å². The van der Waals surface area contributed by atoms with Crippen molar-refractivity contribution in [1.29, 1.82) is 0 Å². The fourth-order valence-corrected chi connectivity index (χ4v) is 4.42. The molecule has 0 saturated carbocycles. The number of urea groups is 1. The van der Waals surface area contributed by atoms with Crippen LogP contribution in [-0.4, -0.2) is 58.0 Å². The second-order valence-electron chi connectivity index (χ2n) is 6.03. The molecule has 2 amide bonds. The minimum atomic E-state index is -0.110. The van der Waals surface area contributed by atoms with Crippen LogP contribution < -0.4 is 5.73 Å². The van der Waals surface area contributed by atoms with Gasteiger partial charge in [0.1, 0.15) is 0 Å². The van der Waals surface area contributed by atoms with Gasteiger partial charge in [-0.1, -0.05) is 19.1 Å². The number of hydrogen-bond acceptors (Lipinski definition) is 3. The Kier molecular flexibility index (Phi) is 5.18. The Labute approximate surface area is 131 Å². The Bertz CT molecular complexity index is 381. The quantitative estimate of drug-likeness (QED) is 0.795. The molecule has 0 aromatic heterocycles. The molecule has 4 nitrogen and oxygen atoms in total. The Hall–Kier alpha value is -0.490. The Morgan fingerprint density at radius 2 is 1.95 bits per heavy atom. The predicted octanol–water partition coefficient (Wildman–Crippen LogP) is 2.32. The SMILES string of the molecule is CSC1(C(N)=S)CCN(C(=O)N2CCCC(C)C2)CC1. The van der Waals surface area contributed by atoms with Gasteiger partial charge in [0.2, 0.25) is 0 Å². The number of thiocarbonyl (C=S) groups is 1. The zero-order valence-electron chi connectivity index (χ0n) is 12.4. The van der Waals surface area contributed by atoms with E-state index in [4.69, 9.17) is 18.0 Å². The molecular formula is C14H25N3OS2. The first-order valence-electron chi connectivity index (χ1n) is 7.37. The summed E-state index contributed by atoms with van der Waals surface area (Å²) < 4.78 is -0.110. The van der Waals surface area contributed by atoms with E-state index in [1.54, 1.807) is 11.8 Å². The molecule has 6 heteroatoms. The summed E-state index contributed by atoms with van der Waals surface area (Å²) in [4.78, 5) is 17.1. The van der Waals surface area contributed by atoms with E-state index in [0.717, 1.165) is 45.4 Å². The van der Waals surface area contributed by atoms with Crippen molar-refractivity contribution in [2.24, 2.45) is 11.7 Å². The van der Waals surface area contributed by atoms with E-state index < -0.39 is 0 Å². The Balaban J connectivity index is 1.93. The average Bonchev–Trinajstić information content (AvgIpc) is 2.46. The van der Waals surface area contributed by atoms with Gasteiger partial charge in [-0.15, -0.1) is 0 Å². The van der Waals surface area contributed by atoms with Gasteiger partial charge in [-0.05, 0) is 37.9 Å². The van der Waals surface area contributed by atoms with Crippen LogP contribution in [0.25, 0.3) is 0 Å². The molecule has 2 fully saturated rings. The van der Waals surface area contributed by atoms with Crippen LogP contribution in [0.15, 0.2) is 0 Å². The third kappa shape index (κ3) is 3.22. The Morgan fingerprint density at radius 3 is 2.45 bits per heavy atom. The third-order valence-electron chi connectivity index (χ3n) is 4.61. The topological polar surface area (TPSA) is 49.6 Å². The van der Waals surface area contributed by atoms with Crippen LogP contribution in [-0.2, 0) is 0 Å². The van der Waals surface area contributed by atoms with Crippen molar-refractivity contribution < 1.29 is 4.79 Å². The first kappa shape index (κ1) is 15.9. The minimum Gasteiger partial charge on any atom is -0.392 e. The highest BCUT2D eigenvalue weighted by molar-refractivity contribution is 8.02. The Morgan fingerprint density at radius 1 is 1.30 bits per heavy atom. The maximum absolute atomic E-state index is 12.5. The van der Waals surface area contributed by atoms with Crippen molar-refractivity contribution in [1.82, 2.24) is 9.80 Å². The second kappa shape index (κ2) is 6.52. The molecule has 0 aliphatic carbocycles. The van der Waals surface area contributed by atoms with Crippen LogP contribution in [0.2, 0.25) is 0 Å². The molecule has 2 aliphatic rings. The molecule has 0 spiro atoms. The average molecular weight is 316 g/mol. The summed E-state index contributed by atoms with van der Waals surface area (Å²) in [6, 6.07) is 0.203. The van der Waals surface area contributed by atoms with Crippen LogP contribution in [0.1, 0.15) is 32.6 Å². The number of carbonyl (C=O) groups is 1. The zero-order chi connectivity index (χ0) is 14.8. The lowest BCUT2D eigenvalue weighted by Gasteiger charge is -2.42. The van der Waals surface area contributed by atoms with Gasteiger partial charge in [0.05, 0.1) is 9.74 Å². The number of piperidine rings is 2. The van der Waals surface area contributed by atoms with Crippen molar-refractivity contribution >= 4 is 35.0 Å². The molecule has 2 saturated heterocycles. The van der Waals surface area contributed by atoms with E-state index in [1.165, 1.54) is 6.42 Å². The van der Waals surface area contributed by atoms with Gasteiger partial charge in [-0.25, -0.2) is 4.79 Å². The van der Waals surface area contributed by atoms with Crippen molar-refractivity contribution in [2.75, 3.05) is 32.4 Å². The molecule has 2 aliphatic heterocycles. The minimum absolute atomic E-state index is 0.110. The number of rotatable bonds is 2. The summed E-state index contributed by atoms with van der Waals surface area (Å²) in [7, 11) is 0. The van der Waals surface area contributed by atoms with E-state index in [-0.39, 0.29) is 10.8 Å². The molecule has 20 heavy (non-hydrogen) atoms. The molecule has 2 heterocycles. The molecular weight excluding hydrogens is 290 g/mol. The summed E-state index contributed by atoms with van der Waals surface area (Å²) in [6.45, 7) is 5.56. The second-order valence-corrected chi connectivity index (χ2v) is 7.66. The fraction of sp³-hybridized carbons (Fsp3) is 0.857. The first-order chi connectivity index (χ1) is 9.48. The van der Waals surface area contributed by atoms with E-state index in [0.29, 0.717) is 10.9 Å². The number of likely N-dealkylation sites (tertiary alicyclic amines) is 2. The largest absolute Gasteiger partial charge is 0.392 e. The van der Waals surface area contributed by atoms with Gasteiger partial charge in [0.15, 0.2) is 0 Å². The number of hydrogen-bond donors (Lipinski definition) is 1. The molecule has 0 aromatic rings.